The van der Waals surface area contributed by atoms with Crippen LogP contribution >= 0.6 is 11.6 Å². The molecule has 0 aromatic heterocycles. The largest absolute Gasteiger partial charge is 0.493 e. The van der Waals surface area contributed by atoms with Gasteiger partial charge < -0.3 is 14.8 Å². The van der Waals surface area contributed by atoms with Crippen molar-refractivity contribution in [1.29, 1.82) is 0 Å². The average Bonchev–Trinajstić information content (AvgIpc) is 2.54. The number of benzene rings is 2. The van der Waals surface area contributed by atoms with Gasteiger partial charge >= 0.3 is 0 Å². The van der Waals surface area contributed by atoms with Gasteiger partial charge in [-0.1, -0.05) is 30.7 Å². The minimum absolute atomic E-state index is 0.579. The Labute approximate surface area is 143 Å². The maximum absolute atomic E-state index is 6.35. The van der Waals surface area contributed by atoms with Crippen LogP contribution in [0.4, 0.5) is 5.69 Å². The third-order valence-corrected chi connectivity index (χ3v) is 4.11. The summed E-state index contributed by atoms with van der Waals surface area (Å²) in [6, 6.07) is 10.1. The van der Waals surface area contributed by atoms with Gasteiger partial charge in [-0.15, -0.1) is 0 Å². The van der Waals surface area contributed by atoms with E-state index in [0.717, 1.165) is 17.7 Å². The molecule has 0 heterocycles. The fraction of sp³-hybridized carbons (Fsp3) is 0.368. The highest BCUT2D eigenvalue weighted by molar-refractivity contribution is 6.32. The van der Waals surface area contributed by atoms with Crippen LogP contribution in [0.2, 0.25) is 5.02 Å². The van der Waals surface area contributed by atoms with Crippen molar-refractivity contribution in [3.05, 3.63) is 52.0 Å². The van der Waals surface area contributed by atoms with Crippen LogP contribution in [-0.4, -0.2) is 13.7 Å². The van der Waals surface area contributed by atoms with Crippen LogP contribution in [0.15, 0.2) is 30.3 Å². The molecule has 0 radical (unpaired) electrons. The third-order valence-electron chi connectivity index (χ3n) is 3.83. The van der Waals surface area contributed by atoms with Gasteiger partial charge in [0.2, 0.25) is 0 Å². The Morgan fingerprint density at radius 3 is 2.65 bits per heavy atom. The van der Waals surface area contributed by atoms with Crippen LogP contribution in [0.1, 0.15) is 30.0 Å². The zero-order valence-corrected chi connectivity index (χ0v) is 15.0. The van der Waals surface area contributed by atoms with Crippen molar-refractivity contribution in [2.75, 3.05) is 19.0 Å². The van der Waals surface area contributed by atoms with E-state index in [9.17, 15) is 0 Å². The molecule has 0 atom stereocenters. The Hall–Kier alpha value is -1.87. The van der Waals surface area contributed by atoms with Crippen molar-refractivity contribution in [2.45, 2.75) is 33.7 Å². The molecular weight excluding hydrogens is 310 g/mol. The molecule has 0 aliphatic carbocycles. The molecule has 0 aliphatic rings. The molecule has 2 rings (SSSR count). The second-order valence-corrected chi connectivity index (χ2v) is 5.97. The van der Waals surface area contributed by atoms with Gasteiger partial charge in [0, 0.05) is 12.2 Å². The van der Waals surface area contributed by atoms with Crippen LogP contribution in [-0.2, 0) is 6.54 Å². The second-order valence-electron chi connectivity index (χ2n) is 5.56. The number of rotatable bonds is 7. The standard InChI is InChI=1S/C19H24ClNO2/c1-5-9-23-19-16(20)10-15(11-18(19)22-4)12-21-17-8-6-7-13(2)14(17)3/h6-8,10-11,21H,5,9,12H2,1-4H3. The van der Waals surface area contributed by atoms with Gasteiger partial charge in [0.15, 0.2) is 11.5 Å². The first-order chi connectivity index (χ1) is 11.1. The quantitative estimate of drug-likeness (QED) is 0.739. The molecule has 0 fully saturated rings. The first-order valence-corrected chi connectivity index (χ1v) is 8.24. The first-order valence-electron chi connectivity index (χ1n) is 7.86. The fourth-order valence-electron chi connectivity index (χ4n) is 2.36. The van der Waals surface area contributed by atoms with Gasteiger partial charge in [0.1, 0.15) is 0 Å². The van der Waals surface area contributed by atoms with Gasteiger partial charge in [0.25, 0.3) is 0 Å². The Balaban J connectivity index is 2.17. The Kier molecular flexibility index (Phi) is 6.17. The summed E-state index contributed by atoms with van der Waals surface area (Å²) in [5.41, 5.74) is 4.71. The van der Waals surface area contributed by atoms with E-state index in [2.05, 4.69) is 44.3 Å². The lowest BCUT2D eigenvalue weighted by atomic mass is 10.1. The Morgan fingerprint density at radius 2 is 1.96 bits per heavy atom. The van der Waals surface area contributed by atoms with Crippen LogP contribution in [0, 0.1) is 13.8 Å². The van der Waals surface area contributed by atoms with Crippen LogP contribution in [0.25, 0.3) is 0 Å². The van der Waals surface area contributed by atoms with E-state index in [0.29, 0.717) is 29.7 Å². The molecule has 4 heteroatoms. The molecule has 1 N–H and O–H groups in total. The number of hydrogen-bond donors (Lipinski definition) is 1. The van der Waals surface area contributed by atoms with Crippen LogP contribution in [0.3, 0.4) is 0 Å². The SMILES string of the molecule is CCCOc1c(Cl)cc(CNc2cccc(C)c2C)cc1OC. The van der Waals surface area contributed by atoms with E-state index in [1.165, 1.54) is 11.1 Å². The molecular formula is C19H24ClNO2. The summed E-state index contributed by atoms with van der Waals surface area (Å²) >= 11 is 6.35. The lowest BCUT2D eigenvalue weighted by Gasteiger charge is -2.15. The predicted molar refractivity (Wildman–Crippen MR) is 97.0 cm³/mol. The van der Waals surface area contributed by atoms with E-state index in [1.54, 1.807) is 7.11 Å². The summed E-state index contributed by atoms with van der Waals surface area (Å²) in [5, 5.41) is 4.04. The van der Waals surface area contributed by atoms with E-state index < -0.39 is 0 Å². The molecule has 0 saturated carbocycles. The van der Waals surface area contributed by atoms with Gasteiger partial charge in [-0.3, -0.25) is 0 Å². The minimum atomic E-state index is 0.579. The number of hydrogen-bond acceptors (Lipinski definition) is 3. The highest BCUT2D eigenvalue weighted by atomic mass is 35.5. The zero-order chi connectivity index (χ0) is 16.8. The maximum atomic E-state index is 6.35. The minimum Gasteiger partial charge on any atom is -0.493 e. The summed E-state index contributed by atoms with van der Waals surface area (Å²) in [6.45, 7) is 7.58. The molecule has 0 aliphatic heterocycles. The number of nitrogens with one attached hydrogen (secondary N) is 1. The van der Waals surface area contributed by atoms with Crippen molar-refractivity contribution in [2.24, 2.45) is 0 Å². The molecule has 2 aromatic rings. The van der Waals surface area contributed by atoms with E-state index in [-0.39, 0.29) is 0 Å². The predicted octanol–water partition coefficient (Wildman–Crippen LogP) is 5.37. The molecule has 23 heavy (non-hydrogen) atoms. The average molecular weight is 334 g/mol. The topological polar surface area (TPSA) is 30.5 Å². The molecule has 3 nitrogen and oxygen atoms in total. The summed E-state index contributed by atoms with van der Waals surface area (Å²) in [5.74, 6) is 1.29. The monoisotopic (exact) mass is 333 g/mol. The van der Waals surface area contributed by atoms with Crippen molar-refractivity contribution >= 4 is 17.3 Å². The van der Waals surface area contributed by atoms with E-state index >= 15 is 0 Å². The Morgan fingerprint density at radius 1 is 1.17 bits per heavy atom. The van der Waals surface area contributed by atoms with Gasteiger partial charge in [-0.05, 0) is 55.2 Å². The number of methoxy groups -OCH3 is 1. The summed E-state index contributed by atoms with van der Waals surface area (Å²) in [7, 11) is 1.63. The van der Waals surface area contributed by atoms with E-state index in [1.807, 2.05) is 12.1 Å². The molecule has 0 saturated heterocycles. The maximum Gasteiger partial charge on any atom is 0.179 e. The molecule has 0 bridgehead atoms. The molecule has 0 amide bonds. The number of aryl methyl sites for hydroxylation is 1. The normalized spacial score (nSPS) is 10.5. The Bertz CT molecular complexity index is 671. The number of halogens is 1. The van der Waals surface area contributed by atoms with Crippen molar-refractivity contribution in [3.63, 3.8) is 0 Å². The third kappa shape index (κ3) is 4.32. The lowest BCUT2D eigenvalue weighted by molar-refractivity contribution is 0.294. The number of anilines is 1. The lowest BCUT2D eigenvalue weighted by Crippen LogP contribution is -2.04. The second kappa shape index (κ2) is 8.11. The highest BCUT2D eigenvalue weighted by Crippen LogP contribution is 2.36. The zero-order valence-electron chi connectivity index (χ0n) is 14.2. The van der Waals surface area contributed by atoms with Crippen molar-refractivity contribution < 1.29 is 9.47 Å². The first kappa shape index (κ1) is 17.5. The summed E-state index contributed by atoms with van der Waals surface area (Å²) in [4.78, 5) is 0. The molecule has 2 aromatic carbocycles. The van der Waals surface area contributed by atoms with Gasteiger partial charge in [0.05, 0.1) is 18.7 Å². The summed E-state index contributed by atoms with van der Waals surface area (Å²) < 4.78 is 11.1. The molecule has 0 unspecified atom stereocenters. The van der Waals surface area contributed by atoms with E-state index in [4.69, 9.17) is 21.1 Å². The molecule has 124 valence electrons. The summed E-state index contributed by atoms with van der Waals surface area (Å²) in [6.07, 6.45) is 0.926. The van der Waals surface area contributed by atoms with Crippen LogP contribution < -0.4 is 14.8 Å². The van der Waals surface area contributed by atoms with Gasteiger partial charge in [-0.25, -0.2) is 0 Å². The highest BCUT2D eigenvalue weighted by Gasteiger charge is 2.12. The number of ether oxygens (including phenoxy) is 2. The van der Waals surface area contributed by atoms with Crippen LogP contribution in [0.5, 0.6) is 11.5 Å². The van der Waals surface area contributed by atoms with Crippen molar-refractivity contribution in [1.82, 2.24) is 0 Å². The molecule has 0 spiro atoms. The smallest absolute Gasteiger partial charge is 0.179 e. The van der Waals surface area contributed by atoms with Crippen molar-refractivity contribution in [3.8, 4) is 11.5 Å². The van der Waals surface area contributed by atoms with Gasteiger partial charge in [-0.2, -0.15) is 0 Å². The fourth-order valence-corrected chi connectivity index (χ4v) is 2.65.